The lowest BCUT2D eigenvalue weighted by molar-refractivity contribution is -0.122. The summed E-state index contributed by atoms with van der Waals surface area (Å²) in [5.74, 6) is 0.152. The van der Waals surface area contributed by atoms with Crippen molar-refractivity contribution in [3.63, 3.8) is 0 Å². The zero-order chi connectivity index (χ0) is 18.9. The molecule has 140 valence electrons. The molecule has 0 bridgehead atoms. The molecule has 0 radical (unpaired) electrons. The Kier molecular flexibility index (Phi) is 4.60. The topological polar surface area (TPSA) is 66.8 Å². The second-order valence-corrected chi connectivity index (χ2v) is 7.58. The molecule has 1 amide bonds. The molecule has 1 saturated heterocycles. The highest BCUT2D eigenvalue weighted by Crippen LogP contribution is 2.52. The number of carboxylic acid groups (broad SMARTS) is 1. The first kappa shape index (κ1) is 17.6. The van der Waals surface area contributed by atoms with E-state index in [0.29, 0.717) is 12.0 Å². The van der Waals surface area contributed by atoms with Crippen LogP contribution in [-0.4, -0.2) is 42.3 Å². The van der Waals surface area contributed by atoms with Gasteiger partial charge in [0.05, 0.1) is 0 Å². The fraction of sp³-hybridized carbons (Fsp3) is 0.364. The Hall–Kier alpha value is -2.82. The predicted molar refractivity (Wildman–Crippen MR) is 102 cm³/mol. The quantitative estimate of drug-likeness (QED) is 0.813. The summed E-state index contributed by atoms with van der Waals surface area (Å²) < 4.78 is 5.73. The lowest BCUT2D eigenvalue weighted by Crippen LogP contribution is -2.30. The fourth-order valence-corrected chi connectivity index (χ4v) is 4.36. The third kappa shape index (κ3) is 3.29. The molecule has 0 atom stereocenters. The van der Waals surface area contributed by atoms with E-state index in [2.05, 4.69) is 48.5 Å². The molecule has 1 heterocycles. The summed E-state index contributed by atoms with van der Waals surface area (Å²) in [4.78, 5) is 22.7. The average Bonchev–Trinajstić information content (AvgIpc) is 3.19. The van der Waals surface area contributed by atoms with Gasteiger partial charge >= 0.3 is 6.09 Å². The Morgan fingerprint density at radius 3 is 2.15 bits per heavy atom. The molecule has 0 aromatic heterocycles. The Bertz CT molecular complexity index is 813. The number of hydrogen-bond donors (Lipinski definition) is 1. The number of benzene rings is 2. The second kappa shape index (κ2) is 7.06. The maximum Gasteiger partial charge on any atom is 0.409 e. The molecule has 27 heavy (non-hydrogen) atoms. The lowest BCUT2D eigenvalue weighted by Gasteiger charge is -2.19. The molecule has 1 N–H and O–H groups in total. The number of ether oxygens (including phenoxy) is 1. The minimum absolute atomic E-state index is 0.138. The maximum atomic E-state index is 12.4. The van der Waals surface area contributed by atoms with Gasteiger partial charge in [-0.2, -0.15) is 0 Å². The van der Waals surface area contributed by atoms with Crippen molar-refractivity contribution in [1.29, 1.82) is 0 Å². The van der Waals surface area contributed by atoms with Crippen molar-refractivity contribution >= 4 is 12.6 Å². The van der Waals surface area contributed by atoms with E-state index >= 15 is 0 Å². The summed E-state index contributed by atoms with van der Waals surface area (Å²) in [5, 5.41) is 6.89. The molecule has 2 aromatic rings. The second-order valence-electron chi connectivity index (χ2n) is 7.58. The summed E-state index contributed by atoms with van der Waals surface area (Å²) in [6.07, 6.45) is 3.57. The van der Waals surface area contributed by atoms with E-state index in [9.17, 15) is 4.79 Å². The van der Waals surface area contributed by atoms with Gasteiger partial charge in [0.2, 0.25) is 0 Å². The highest BCUT2D eigenvalue weighted by atomic mass is 16.6. The average molecular weight is 365 g/mol. The van der Waals surface area contributed by atoms with Crippen LogP contribution in [-0.2, 0) is 9.53 Å². The minimum Gasteiger partial charge on any atom is -0.483 e. The Morgan fingerprint density at radius 1 is 1.07 bits per heavy atom. The van der Waals surface area contributed by atoms with Gasteiger partial charge in [-0.15, -0.1) is 0 Å². The summed E-state index contributed by atoms with van der Waals surface area (Å²) in [7, 11) is 0. The van der Waals surface area contributed by atoms with Crippen molar-refractivity contribution in [2.45, 2.75) is 25.2 Å². The largest absolute Gasteiger partial charge is 0.483 e. The molecule has 2 aromatic carbocycles. The van der Waals surface area contributed by atoms with Crippen molar-refractivity contribution in [3.05, 3.63) is 59.7 Å². The smallest absolute Gasteiger partial charge is 0.409 e. The van der Waals surface area contributed by atoms with Crippen LogP contribution in [0.2, 0.25) is 0 Å². The minimum atomic E-state index is -0.250. The molecule has 1 saturated carbocycles. The fourth-order valence-electron chi connectivity index (χ4n) is 4.36. The van der Waals surface area contributed by atoms with E-state index in [1.54, 1.807) is 0 Å². The number of likely N-dealkylation sites (tertiary alicyclic amines) is 1. The Morgan fingerprint density at radius 2 is 1.63 bits per heavy atom. The van der Waals surface area contributed by atoms with Gasteiger partial charge in [0, 0.05) is 19.0 Å². The van der Waals surface area contributed by atoms with Crippen LogP contribution in [0.25, 0.3) is 11.1 Å². The van der Waals surface area contributed by atoms with Crippen molar-refractivity contribution in [3.8, 4) is 11.1 Å². The van der Waals surface area contributed by atoms with Gasteiger partial charge in [-0.05, 0) is 46.9 Å². The first-order chi connectivity index (χ1) is 13.2. The Balaban J connectivity index is 0.000000565. The molecule has 5 nitrogen and oxygen atoms in total. The van der Waals surface area contributed by atoms with Crippen molar-refractivity contribution in [2.75, 3.05) is 19.7 Å². The van der Waals surface area contributed by atoms with Crippen LogP contribution in [0.5, 0.6) is 0 Å². The molecular weight excluding hydrogens is 342 g/mol. The molecule has 1 aliphatic heterocycles. The van der Waals surface area contributed by atoms with Crippen molar-refractivity contribution < 1.29 is 19.4 Å². The zero-order valence-electron chi connectivity index (χ0n) is 15.1. The number of carbonyl (C=O) groups excluding carboxylic acids is 1. The van der Waals surface area contributed by atoms with Gasteiger partial charge in [-0.3, -0.25) is 4.79 Å². The van der Waals surface area contributed by atoms with Crippen LogP contribution in [0, 0.1) is 5.41 Å². The van der Waals surface area contributed by atoms with Crippen LogP contribution in [0.1, 0.15) is 36.3 Å². The van der Waals surface area contributed by atoms with Gasteiger partial charge in [0.25, 0.3) is 6.47 Å². The van der Waals surface area contributed by atoms with Crippen LogP contribution >= 0.6 is 0 Å². The summed E-state index contributed by atoms with van der Waals surface area (Å²) in [5.41, 5.74) is 5.53. The summed E-state index contributed by atoms with van der Waals surface area (Å²) in [6, 6.07) is 16.9. The number of carbonyl (C=O) groups is 2. The molecule has 0 unspecified atom stereocenters. The number of nitrogens with zero attached hydrogens (tertiary/aromatic N) is 1. The van der Waals surface area contributed by atoms with E-state index < -0.39 is 0 Å². The van der Waals surface area contributed by atoms with Gasteiger partial charge in [-0.1, -0.05) is 48.5 Å². The predicted octanol–water partition coefficient (Wildman–Crippen LogP) is 4.12. The number of hydrogen-bond acceptors (Lipinski definition) is 3. The third-order valence-electron chi connectivity index (χ3n) is 5.99. The summed E-state index contributed by atoms with van der Waals surface area (Å²) in [6.45, 7) is 1.93. The molecule has 2 fully saturated rings. The van der Waals surface area contributed by atoms with E-state index in [1.165, 1.54) is 35.1 Å². The van der Waals surface area contributed by atoms with E-state index in [4.69, 9.17) is 14.6 Å². The van der Waals surface area contributed by atoms with Crippen LogP contribution in [0.3, 0.4) is 0 Å². The molecule has 5 heteroatoms. The number of amides is 1. The normalized spacial score (nSPS) is 18.3. The molecule has 3 aliphatic rings. The maximum absolute atomic E-state index is 12.4. The van der Waals surface area contributed by atoms with Gasteiger partial charge in [0.1, 0.15) is 6.61 Å². The standard InChI is InChI=1S/C21H21NO2.CH2O2/c23-20(22-12-11-21(14-22)9-10-21)24-13-19-17-7-3-1-5-15(17)16-6-2-4-8-18(16)19;2-1-3/h1-8,19H,9-14H2;1H,(H,2,3). The lowest BCUT2D eigenvalue weighted by atomic mass is 9.98. The SMILES string of the molecule is O=C(OCC1c2ccccc2-c2ccccc21)N1CCC2(CC2)C1.O=CO. The number of rotatable bonds is 2. The van der Waals surface area contributed by atoms with Crippen molar-refractivity contribution in [2.24, 2.45) is 5.41 Å². The van der Waals surface area contributed by atoms with Gasteiger partial charge in [-0.25, -0.2) is 4.79 Å². The van der Waals surface area contributed by atoms with Gasteiger partial charge in [0.15, 0.2) is 0 Å². The highest BCUT2D eigenvalue weighted by Gasteiger charge is 2.49. The zero-order valence-corrected chi connectivity index (χ0v) is 15.1. The number of fused-ring (bicyclic) bond motifs is 3. The summed E-state index contributed by atoms with van der Waals surface area (Å²) >= 11 is 0. The van der Waals surface area contributed by atoms with E-state index in [0.717, 1.165) is 19.5 Å². The van der Waals surface area contributed by atoms with Crippen molar-refractivity contribution in [1.82, 2.24) is 4.90 Å². The van der Waals surface area contributed by atoms with Gasteiger partial charge < -0.3 is 14.7 Å². The highest BCUT2D eigenvalue weighted by molar-refractivity contribution is 5.79. The molecule has 1 spiro atoms. The third-order valence-corrected chi connectivity index (χ3v) is 5.99. The molecule has 2 aliphatic carbocycles. The monoisotopic (exact) mass is 365 g/mol. The van der Waals surface area contributed by atoms with Crippen LogP contribution < -0.4 is 0 Å². The molecule has 5 rings (SSSR count). The van der Waals surface area contributed by atoms with Crippen LogP contribution in [0.15, 0.2) is 48.5 Å². The van der Waals surface area contributed by atoms with E-state index in [1.807, 2.05) is 4.90 Å². The van der Waals surface area contributed by atoms with Crippen LogP contribution in [0.4, 0.5) is 4.79 Å². The Labute approximate surface area is 158 Å². The first-order valence-electron chi connectivity index (χ1n) is 9.35. The van der Waals surface area contributed by atoms with E-state index in [-0.39, 0.29) is 18.5 Å². The first-order valence-corrected chi connectivity index (χ1v) is 9.35. The molecular formula is C22H23NO4.